The van der Waals surface area contributed by atoms with E-state index >= 15 is 0 Å². The number of fused-ring (bicyclic) bond motifs is 1. The predicted octanol–water partition coefficient (Wildman–Crippen LogP) is 3.57. The van der Waals surface area contributed by atoms with Gasteiger partial charge in [0.15, 0.2) is 0 Å². The normalized spacial score (nSPS) is 11.7. The zero-order valence-electron chi connectivity index (χ0n) is 12.3. The molecule has 3 N–H and O–H groups in total. The molecule has 0 aliphatic rings. The Labute approximate surface area is 132 Å². The highest BCUT2D eigenvalue weighted by Crippen LogP contribution is 2.20. The van der Waals surface area contributed by atoms with Crippen LogP contribution in [0.25, 0.3) is 10.8 Å². The Kier molecular flexibility index (Phi) is 7.20. The second-order valence-electron chi connectivity index (χ2n) is 5.07. The van der Waals surface area contributed by atoms with Crippen LogP contribution in [0, 0.1) is 0 Å². The van der Waals surface area contributed by atoms with Crippen LogP contribution < -0.4 is 11.1 Å². The predicted molar refractivity (Wildman–Crippen MR) is 90.7 cm³/mol. The molecule has 0 bridgehead atoms. The average Bonchev–Trinajstić information content (AvgIpc) is 2.50. The van der Waals surface area contributed by atoms with E-state index in [4.69, 9.17) is 5.73 Å². The summed E-state index contributed by atoms with van der Waals surface area (Å²) in [6.45, 7) is 2.49. The number of hydrogen-bond acceptors (Lipinski definition) is 2. The summed E-state index contributed by atoms with van der Waals surface area (Å²) in [5.74, 6) is 0.0791. The number of nitrogens with one attached hydrogen (secondary N) is 1. The molecular weight excluding hydrogens is 284 g/mol. The molecule has 1 amide bonds. The number of halogens is 1. The number of hydrogen-bond donors (Lipinski definition) is 2. The largest absolute Gasteiger partial charge is 0.348 e. The van der Waals surface area contributed by atoms with E-state index in [2.05, 4.69) is 36.5 Å². The van der Waals surface area contributed by atoms with Crippen LogP contribution in [0.1, 0.15) is 37.8 Å². The lowest BCUT2D eigenvalue weighted by Crippen LogP contribution is -2.33. The average molecular weight is 307 g/mol. The maximum Gasteiger partial charge on any atom is 0.220 e. The smallest absolute Gasteiger partial charge is 0.220 e. The molecule has 1 unspecified atom stereocenters. The van der Waals surface area contributed by atoms with Crippen molar-refractivity contribution >= 4 is 29.1 Å². The quantitative estimate of drug-likeness (QED) is 0.857. The second kappa shape index (κ2) is 8.65. The fraction of sp³-hybridized carbons (Fsp3) is 0.353. The highest BCUT2D eigenvalue weighted by Gasteiger charge is 2.12. The van der Waals surface area contributed by atoms with E-state index in [9.17, 15) is 4.79 Å². The third kappa shape index (κ3) is 4.73. The fourth-order valence-electron chi connectivity index (χ4n) is 2.31. The van der Waals surface area contributed by atoms with E-state index in [1.165, 1.54) is 10.8 Å². The Morgan fingerprint density at radius 2 is 1.90 bits per heavy atom. The van der Waals surface area contributed by atoms with Crippen LogP contribution >= 0.6 is 12.4 Å². The molecule has 0 saturated heterocycles. The van der Waals surface area contributed by atoms with Crippen LogP contribution in [-0.4, -0.2) is 12.5 Å². The van der Waals surface area contributed by atoms with E-state index in [0.717, 1.165) is 18.4 Å². The van der Waals surface area contributed by atoms with Crippen molar-refractivity contribution in [1.82, 2.24) is 5.32 Å². The molecule has 2 aromatic carbocycles. The number of benzene rings is 2. The molecule has 2 rings (SSSR count). The van der Waals surface area contributed by atoms with Crippen LogP contribution in [0.15, 0.2) is 42.5 Å². The molecule has 21 heavy (non-hydrogen) atoms. The summed E-state index contributed by atoms with van der Waals surface area (Å²) in [5.41, 5.74) is 6.88. The lowest BCUT2D eigenvalue weighted by Gasteiger charge is -2.18. The van der Waals surface area contributed by atoms with Gasteiger partial charge in [-0.05, 0) is 28.8 Å². The zero-order chi connectivity index (χ0) is 14.4. The van der Waals surface area contributed by atoms with E-state index < -0.39 is 0 Å². The van der Waals surface area contributed by atoms with Crippen molar-refractivity contribution in [2.45, 2.75) is 32.2 Å². The first kappa shape index (κ1) is 17.5. The Hall–Kier alpha value is -1.58. The summed E-state index contributed by atoms with van der Waals surface area (Å²) >= 11 is 0. The van der Waals surface area contributed by atoms with Gasteiger partial charge in [-0.3, -0.25) is 4.79 Å². The summed E-state index contributed by atoms with van der Waals surface area (Å²) in [6, 6.07) is 14.3. The van der Waals surface area contributed by atoms with Gasteiger partial charge in [-0.1, -0.05) is 49.7 Å². The Morgan fingerprint density at radius 1 is 1.19 bits per heavy atom. The molecule has 0 fully saturated rings. The molecule has 0 aromatic heterocycles. The maximum atomic E-state index is 11.8. The van der Waals surface area contributed by atoms with Gasteiger partial charge in [0.25, 0.3) is 0 Å². The van der Waals surface area contributed by atoms with Crippen LogP contribution in [0.5, 0.6) is 0 Å². The Balaban J connectivity index is 0.00000220. The highest BCUT2D eigenvalue weighted by atomic mass is 35.5. The van der Waals surface area contributed by atoms with E-state index in [-0.39, 0.29) is 24.4 Å². The van der Waals surface area contributed by atoms with Crippen LogP contribution in [0.2, 0.25) is 0 Å². The topological polar surface area (TPSA) is 55.1 Å². The minimum Gasteiger partial charge on any atom is -0.348 e. The molecule has 2 aromatic rings. The molecule has 4 heteroatoms. The highest BCUT2D eigenvalue weighted by molar-refractivity contribution is 5.85. The van der Waals surface area contributed by atoms with Gasteiger partial charge in [0, 0.05) is 13.0 Å². The van der Waals surface area contributed by atoms with Crippen LogP contribution in [0.4, 0.5) is 0 Å². The first-order chi connectivity index (χ1) is 9.74. The van der Waals surface area contributed by atoms with Crippen molar-refractivity contribution in [3.8, 4) is 0 Å². The second-order valence-corrected chi connectivity index (χ2v) is 5.07. The molecule has 3 nitrogen and oxygen atoms in total. The summed E-state index contributed by atoms with van der Waals surface area (Å²) in [5, 5.41) is 5.39. The molecule has 0 heterocycles. The summed E-state index contributed by atoms with van der Waals surface area (Å²) < 4.78 is 0. The van der Waals surface area contributed by atoms with E-state index in [0.29, 0.717) is 13.0 Å². The SMILES string of the molecule is CCCCC(=O)NC(CN)c1ccc2ccccc2c1.Cl. The molecular formula is C17H23ClN2O. The zero-order valence-corrected chi connectivity index (χ0v) is 13.2. The third-order valence-corrected chi connectivity index (χ3v) is 3.50. The summed E-state index contributed by atoms with van der Waals surface area (Å²) in [7, 11) is 0. The monoisotopic (exact) mass is 306 g/mol. The first-order valence-electron chi connectivity index (χ1n) is 7.22. The molecule has 0 aliphatic carbocycles. The lowest BCUT2D eigenvalue weighted by atomic mass is 10.0. The van der Waals surface area contributed by atoms with Crippen molar-refractivity contribution in [3.05, 3.63) is 48.0 Å². The molecule has 1 atom stereocenters. The first-order valence-corrected chi connectivity index (χ1v) is 7.22. The van der Waals surface area contributed by atoms with Crippen molar-refractivity contribution in [3.63, 3.8) is 0 Å². The molecule has 114 valence electrons. The number of unbranched alkanes of at least 4 members (excludes halogenated alkanes) is 1. The minimum atomic E-state index is -0.107. The van der Waals surface area contributed by atoms with Crippen molar-refractivity contribution in [2.24, 2.45) is 5.73 Å². The van der Waals surface area contributed by atoms with Gasteiger partial charge in [-0.2, -0.15) is 0 Å². The van der Waals surface area contributed by atoms with Crippen molar-refractivity contribution in [1.29, 1.82) is 0 Å². The third-order valence-electron chi connectivity index (χ3n) is 3.50. The van der Waals surface area contributed by atoms with Gasteiger partial charge in [-0.25, -0.2) is 0 Å². The summed E-state index contributed by atoms with van der Waals surface area (Å²) in [4.78, 5) is 11.8. The van der Waals surface area contributed by atoms with Crippen molar-refractivity contribution in [2.75, 3.05) is 6.54 Å². The van der Waals surface area contributed by atoms with Gasteiger partial charge < -0.3 is 11.1 Å². The van der Waals surface area contributed by atoms with Crippen LogP contribution in [-0.2, 0) is 4.79 Å². The van der Waals surface area contributed by atoms with Gasteiger partial charge in [0.2, 0.25) is 5.91 Å². The molecule has 0 aliphatic heterocycles. The summed E-state index contributed by atoms with van der Waals surface area (Å²) in [6.07, 6.45) is 2.51. The number of amides is 1. The molecule has 0 spiro atoms. The van der Waals surface area contributed by atoms with Crippen molar-refractivity contribution < 1.29 is 4.79 Å². The molecule has 0 radical (unpaired) electrons. The minimum absolute atomic E-state index is 0. The Bertz CT molecular complexity index is 586. The Morgan fingerprint density at radius 3 is 2.57 bits per heavy atom. The number of carbonyl (C=O) groups excluding carboxylic acids is 1. The number of carbonyl (C=O) groups is 1. The van der Waals surface area contributed by atoms with E-state index in [1.807, 2.05) is 18.2 Å². The molecule has 0 saturated carbocycles. The van der Waals surface area contributed by atoms with Gasteiger partial charge in [0.05, 0.1) is 6.04 Å². The van der Waals surface area contributed by atoms with E-state index in [1.54, 1.807) is 0 Å². The standard InChI is InChI=1S/C17H22N2O.ClH/c1-2-3-8-17(20)19-16(12-18)15-10-9-13-6-4-5-7-14(13)11-15;/h4-7,9-11,16H,2-3,8,12,18H2,1H3,(H,19,20);1H. The van der Waals surface area contributed by atoms with Crippen LogP contribution in [0.3, 0.4) is 0 Å². The van der Waals surface area contributed by atoms with Gasteiger partial charge >= 0.3 is 0 Å². The number of rotatable bonds is 6. The fourth-order valence-corrected chi connectivity index (χ4v) is 2.31. The van der Waals surface area contributed by atoms with Gasteiger partial charge in [0.1, 0.15) is 0 Å². The van der Waals surface area contributed by atoms with Gasteiger partial charge in [-0.15, -0.1) is 12.4 Å². The maximum absolute atomic E-state index is 11.8. The lowest BCUT2D eigenvalue weighted by molar-refractivity contribution is -0.121. The number of nitrogens with two attached hydrogens (primary N) is 1.